The molecule has 0 spiro atoms. The van der Waals surface area contributed by atoms with Gasteiger partial charge in [0, 0.05) is 19.9 Å². The number of aromatic nitrogens is 1. The first-order valence-electron chi connectivity index (χ1n) is 4.99. The second kappa shape index (κ2) is 3.96. The third-order valence-corrected chi connectivity index (χ3v) is 2.72. The van der Waals surface area contributed by atoms with Crippen LogP contribution >= 0.6 is 0 Å². The van der Waals surface area contributed by atoms with E-state index in [-0.39, 0.29) is 0 Å². The Morgan fingerprint density at radius 2 is 2.36 bits per heavy atom. The molecule has 0 aromatic carbocycles. The summed E-state index contributed by atoms with van der Waals surface area (Å²) in [6, 6.07) is 2.67. The Bertz CT molecular complexity index is 308. The third-order valence-electron chi connectivity index (χ3n) is 2.72. The molecule has 14 heavy (non-hydrogen) atoms. The molecule has 1 fully saturated rings. The summed E-state index contributed by atoms with van der Waals surface area (Å²) >= 11 is 0. The summed E-state index contributed by atoms with van der Waals surface area (Å²) in [6.07, 6.45) is 4.90. The van der Waals surface area contributed by atoms with Gasteiger partial charge in [-0.3, -0.25) is 4.98 Å². The van der Waals surface area contributed by atoms with Crippen LogP contribution in [0.2, 0.25) is 0 Å². The van der Waals surface area contributed by atoms with E-state index in [1.54, 1.807) is 0 Å². The fourth-order valence-electron chi connectivity index (χ4n) is 1.77. The van der Waals surface area contributed by atoms with Crippen LogP contribution in [0, 0.1) is 6.92 Å². The Kier molecular flexibility index (Phi) is 2.68. The van der Waals surface area contributed by atoms with Crippen LogP contribution in [0.5, 0.6) is 0 Å². The first-order chi connectivity index (χ1) is 6.77. The summed E-state index contributed by atoms with van der Waals surface area (Å²) in [7, 11) is 2.11. The van der Waals surface area contributed by atoms with E-state index in [9.17, 15) is 0 Å². The molecule has 76 valence electrons. The van der Waals surface area contributed by atoms with Crippen LogP contribution in [0.3, 0.4) is 0 Å². The molecule has 1 unspecified atom stereocenters. The van der Waals surface area contributed by atoms with Crippen molar-refractivity contribution in [3.05, 3.63) is 24.0 Å². The van der Waals surface area contributed by atoms with Crippen molar-refractivity contribution in [1.29, 1.82) is 0 Å². The molecule has 0 N–H and O–H groups in total. The van der Waals surface area contributed by atoms with Crippen LogP contribution in [0.1, 0.15) is 12.0 Å². The van der Waals surface area contributed by atoms with Crippen LogP contribution in [0.15, 0.2) is 18.5 Å². The number of ether oxygens (including phenoxy) is 1. The van der Waals surface area contributed by atoms with E-state index in [1.165, 1.54) is 11.3 Å². The van der Waals surface area contributed by atoms with Crippen LogP contribution < -0.4 is 4.90 Å². The smallest absolute Gasteiger partial charge is 0.0670 e. The van der Waals surface area contributed by atoms with Gasteiger partial charge in [-0.2, -0.15) is 0 Å². The van der Waals surface area contributed by atoms with Gasteiger partial charge in [-0.25, -0.2) is 0 Å². The third kappa shape index (κ3) is 1.87. The summed E-state index contributed by atoms with van der Waals surface area (Å²) in [5.74, 6) is 0. The first-order valence-corrected chi connectivity index (χ1v) is 4.99. The molecule has 1 aromatic rings. The molecule has 0 radical (unpaired) electrons. The van der Waals surface area contributed by atoms with Crippen molar-refractivity contribution in [2.45, 2.75) is 19.4 Å². The van der Waals surface area contributed by atoms with Gasteiger partial charge in [-0.15, -0.1) is 0 Å². The summed E-state index contributed by atoms with van der Waals surface area (Å²) in [5.41, 5.74) is 2.38. The zero-order valence-corrected chi connectivity index (χ0v) is 8.73. The molecule has 1 aliphatic heterocycles. The quantitative estimate of drug-likeness (QED) is 0.712. The largest absolute Gasteiger partial charge is 0.379 e. The Labute approximate surface area is 84.7 Å². The lowest BCUT2D eigenvalue weighted by Crippen LogP contribution is -2.31. The van der Waals surface area contributed by atoms with Gasteiger partial charge in [0.2, 0.25) is 0 Å². The minimum absolute atomic E-state index is 0.513. The lowest BCUT2D eigenvalue weighted by Gasteiger charge is -2.25. The van der Waals surface area contributed by atoms with Crippen LogP contribution in [-0.4, -0.2) is 31.3 Å². The van der Waals surface area contributed by atoms with Gasteiger partial charge in [0.15, 0.2) is 0 Å². The van der Waals surface area contributed by atoms with Crippen molar-refractivity contribution < 1.29 is 4.74 Å². The molecule has 1 aromatic heterocycles. The van der Waals surface area contributed by atoms with E-state index in [0.717, 1.165) is 19.6 Å². The Morgan fingerprint density at radius 3 is 3.00 bits per heavy atom. The van der Waals surface area contributed by atoms with Gasteiger partial charge in [0.25, 0.3) is 0 Å². The van der Waals surface area contributed by atoms with E-state index in [1.807, 2.05) is 12.4 Å². The number of pyridine rings is 1. The highest BCUT2D eigenvalue weighted by atomic mass is 16.5. The predicted octanol–water partition coefficient (Wildman–Crippen LogP) is 1.62. The van der Waals surface area contributed by atoms with Crippen LogP contribution in [0.4, 0.5) is 5.69 Å². The zero-order valence-electron chi connectivity index (χ0n) is 8.73. The summed E-state index contributed by atoms with van der Waals surface area (Å²) < 4.78 is 5.37. The highest BCUT2D eigenvalue weighted by Gasteiger charge is 2.20. The molecular weight excluding hydrogens is 176 g/mol. The molecular formula is C11H16N2O. The minimum atomic E-state index is 0.513. The summed E-state index contributed by atoms with van der Waals surface area (Å²) in [6.45, 7) is 3.79. The minimum Gasteiger partial charge on any atom is -0.379 e. The molecule has 0 aliphatic carbocycles. The predicted molar refractivity (Wildman–Crippen MR) is 56.6 cm³/mol. The maximum atomic E-state index is 5.37. The van der Waals surface area contributed by atoms with E-state index in [0.29, 0.717) is 6.04 Å². The van der Waals surface area contributed by atoms with Gasteiger partial charge in [-0.1, -0.05) is 0 Å². The maximum Gasteiger partial charge on any atom is 0.0670 e. The standard InChI is InChI=1S/C11H16N2O/c1-9-5-11(7-12-6-9)13(2)10-3-4-14-8-10/h5-7,10H,3-4,8H2,1-2H3. The van der Waals surface area contributed by atoms with Gasteiger partial charge in [0.05, 0.1) is 24.5 Å². The molecule has 1 saturated heterocycles. The van der Waals surface area contributed by atoms with Gasteiger partial charge < -0.3 is 9.64 Å². The molecule has 2 heterocycles. The van der Waals surface area contributed by atoms with Gasteiger partial charge >= 0.3 is 0 Å². The Hall–Kier alpha value is -1.09. The van der Waals surface area contributed by atoms with Gasteiger partial charge in [-0.05, 0) is 25.0 Å². The SMILES string of the molecule is Cc1cncc(N(C)C2CCOC2)c1. The van der Waals surface area contributed by atoms with Crippen molar-refractivity contribution >= 4 is 5.69 Å². The molecule has 2 rings (SSSR count). The molecule has 0 amide bonds. The van der Waals surface area contributed by atoms with Crippen molar-refractivity contribution in [3.8, 4) is 0 Å². The average molecular weight is 192 g/mol. The topological polar surface area (TPSA) is 25.4 Å². The fourth-order valence-corrected chi connectivity index (χ4v) is 1.77. The van der Waals surface area contributed by atoms with Crippen molar-refractivity contribution in [2.24, 2.45) is 0 Å². The molecule has 3 nitrogen and oxygen atoms in total. The second-order valence-electron chi connectivity index (χ2n) is 3.85. The average Bonchev–Trinajstić information content (AvgIpc) is 2.69. The number of hydrogen-bond donors (Lipinski definition) is 0. The lowest BCUT2D eigenvalue weighted by molar-refractivity contribution is 0.193. The molecule has 0 bridgehead atoms. The highest BCUT2D eigenvalue weighted by molar-refractivity contribution is 5.46. The fraction of sp³-hybridized carbons (Fsp3) is 0.545. The number of hydrogen-bond acceptors (Lipinski definition) is 3. The molecule has 3 heteroatoms. The van der Waals surface area contributed by atoms with Crippen LogP contribution in [-0.2, 0) is 4.74 Å². The molecule has 0 saturated carbocycles. The number of anilines is 1. The lowest BCUT2D eigenvalue weighted by atomic mass is 10.2. The number of nitrogens with zero attached hydrogens (tertiary/aromatic N) is 2. The normalized spacial score (nSPS) is 21.1. The zero-order chi connectivity index (χ0) is 9.97. The number of aryl methyl sites for hydroxylation is 1. The Balaban J connectivity index is 2.13. The molecule has 1 atom stereocenters. The van der Waals surface area contributed by atoms with E-state index in [2.05, 4.69) is 29.9 Å². The van der Waals surface area contributed by atoms with Crippen molar-refractivity contribution in [2.75, 3.05) is 25.2 Å². The first kappa shape index (κ1) is 9.46. The summed E-state index contributed by atoms with van der Waals surface area (Å²) in [5, 5.41) is 0. The monoisotopic (exact) mass is 192 g/mol. The highest BCUT2D eigenvalue weighted by Crippen LogP contribution is 2.19. The van der Waals surface area contributed by atoms with Crippen molar-refractivity contribution in [3.63, 3.8) is 0 Å². The van der Waals surface area contributed by atoms with E-state index >= 15 is 0 Å². The van der Waals surface area contributed by atoms with Crippen LogP contribution in [0.25, 0.3) is 0 Å². The second-order valence-corrected chi connectivity index (χ2v) is 3.85. The Morgan fingerprint density at radius 1 is 1.50 bits per heavy atom. The van der Waals surface area contributed by atoms with E-state index in [4.69, 9.17) is 4.74 Å². The van der Waals surface area contributed by atoms with E-state index < -0.39 is 0 Å². The number of likely N-dealkylation sites (N-methyl/N-ethyl adjacent to an activating group) is 1. The van der Waals surface area contributed by atoms with Crippen molar-refractivity contribution in [1.82, 2.24) is 4.98 Å². The number of rotatable bonds is 2. The summed E-state index contributed by atoms with van der Waals surface area (Å²) in [4.78, 5) is 6.45. The molecule has 1 aliphatic rings. The van der Waals surface area contributed by atoms with Gasteiger partial charge in [0.1, 0.15) is 0 Å². The maximum absolute atomic E-state index is 5.37.